The van der Waals surface area contributed by atoms with Crippen molar-refractivity contribution in [3.8, 4) is 17.1 Å². The van der Waals surface area contributed by atoms with Crippen LogP contribution < -0.4 is 19.9 Å². The SMILES string of the molecule is CC1(C)OC[C@H](COc2cccc(NC(=O)N3c4nc(-c5cccc(C(F)(F)F)c5)c(Cl)cc4N4CCC[C@H]3C4)n2)O1. The van der Waals surface area contributed by atoms with Crippen LogP contribution >= 0.6 is 11.6 Å². The van der Waals surface area contributed by atoms with E-state index in [0.29, 0.717) is 30.5 Å². The van der Waals surface area contributed by atoms with Crippen molar-refractivity contribution in [2.24, 2.45) is 0 Å². The van der Waals surface area contributed by atoms with Gasteiger partial charge in [0.25, 0.3) is 0 Å². The Bertz CT molecular complexity index is 1500. The third-order valence-corrected chi connectivity index (χ3v) is 7.68. The molecule has 0 saturated carbocycles. The van der Waals surface area contributed by atoms with Gasteiger partial charge in [0.1, 0.15) is 18.5 Å². The number of pyridine rings is 2. The molecule has 1 aromatic carbocycles. The number of amides is 2. The molecule has 222 valence electrons. The Balaban J connectivity index is 1.27. The molecule has 2 bridgehead atoms. The molecule has 1 N–H and O–H groups in total. The van der Waals surface area contributed by atoms with Gasteiger partial charge in [-0.2, -0.15) is 18.2 Å². The number of alkyl halides is 3. The van der Waals surface area contributed by atoms with E-state index in [1.165, 1.54) is 12.1 Å². The van der Waals surface area contributed by atoms with Crippen molar-refractivity contribution in [1.82, 2.24) is 9.97 Å². The summed E-state index contributed by atoms with van der Waals surface area (Å²) in [7, 11) is 0. The van der Waals surface area contributed by atoms with Crippen molar-refractivity contribution >= 4 is 35.0 Å². The predicted octanol–water partition coefficient (Wildman–Crippen LogP) is 6.37. The summed E-state index contributed by atoms with van der Waals surface area (Å²) in [5.74, 6) is 0.235. The first-order chi connectivity index (χ1) is 20.0. The van der Waals surface area contributed by atoms with Crippen molar-refractivity contribution in [2.45, 2.75) is 50.8 Å². The highest BCUT2D eigenvalue weighted by Crippen LogP contribution is 2.43. The standard InChI is InChI=1S/C29H29ClF3N5O4/c1-28(2)41-16-20(42-28)15-40-24-10-4-9-23(34-24)35-27(39)38-19-8-5-11-37(14-19)22-13-21(30)25(36-26(22)38)17-6-3-7-18(12-17)29(31,32)33/h3-4,6-7,9-10,12-13,19-20H,5,8,11,14-16H2,1-2H3,(H,34,35,39)/t19-,20-/m0/s1. The number of carbonyl (C=O) groups excluding carboxylic acids is 1. The fourth-order valence-corrected chi connectivity index (χ4v) is 5.76. The molecule has 3 aromatic rings. The molecule has 2 atom stereocenters. The van der Waals surface area contributed by atoms with E-state index in [-0.39, 0.29) is 40.9 Å². The number of rotatable bonds is 5. The summed E-state index contributed by atoms with van der Waals surface area (Å²) in [5, 5.41) is 3.04. The number of aromatic nitrogens is 2. The van der Waals surface area contributed by atoms with Gasteiger partial charge in [0.05, 0.1) is 34.6 Å². The molecule has 13 heteroatoms. The first kappa shape index (κ1) is 28.5. The van der Waals surface area contributed by atoms with Gasteiger partial charge in [-0.25, -0.2) is 9.78 Å². The van der Waals surface area contributed by atoms with E-state index in [9.17, 15) is 18.0 Å². The van der Waals surface area contributed by atoms with Crippen LogP contribution in [0.3, 0.4) is 0 Å². The Morgan fingerprint density at radius 3 is 2.76 bits per heavy atom. The van der Waals surface area contributed by atoms with Crippen molar-refractivity contribution in [1.29, 1.82) is 0 Å². The highest BCUT2D eigenvalue weighted by Gasteiger charge is 2.39. The summed E-state index contributed by atoms with van der Waals surface area (Å²) in [6.07, 6.45) is -3.18. The molecule has 2 saturated heterocycles. The molecule has 2 aromatic heterocycles. The number of carbonyl (C=O) groups is 1. The fraction of sp³-hybridized carbons (Fsp3) is 0.414. The van der Waals surface area contributed by atoms with Gasteiger partial charge in [-0.3, -0.25) is 10.2 Å². The van der Waals surface area contributed by atoms with E-state index in [4.69, 9.17) is 25.8 Å². The lowest BCUT2D eigenvalue weighted by Crippen LogP contribution is -2.56. The number of ether oxygens (including phenoxy) is 3. The Morgan fingerprint density at radius 1 is 1.19 bits per heavy atom. The number of hydrogen-bond donors (Lipinski definition) is 1. The van der Waals surface area contributed by atoms with Crippen LogP contribution in [0.4, 0.5) is 35.3 Å². The van der Waals surface area contributed by atoms with E-state index in [0.717, 1.165) is 31.5 Å². The summed E-state index contributed by atoms with van der Waals surface area (Å²) in [4.78, 5) is 26.5. The average molecular weight is 604 g/mol. The zero-order chi connectivity index (χ0) is 29.6. The van der Waals surface area contributed by atoms with E-state index >= 15 is 0 Å². The second-order valence-corrected chi connectivity index (χ2v) is 11.3. The van der Waals surface area contributed by atoms with Gasteiger partial charge in [0.2, 0.25) is 5.88 Å². The maximum absolute atomic E-state index is 13.8. The van der Waals surface area contributed by atoms with Crippen LogP contribution in [0.2, 0.25) is 5.02 Å². The third-order valence-electron chi connectivity index (χ3n) is 7.39. The Labute approximate surface area is 245 Å². The zero-order valence-corrected chi connectivity index (χ0v) is 23.7. The highest BCUT2D eigenvalue weighted by atomic mass is 35.5. The highest BCUT2D eigenvalue weighted by molar-refractivity contribution is 6.33. The maximum atomic E-state index is 13.8. The topological polar surface area (TPSA) is 89.1 Å². The van der Waals surface area contributed by atoms with Crippen LogP contribution in [0.5, 0.6) is 5.88 Å². The number of benzene rings is 1. The molecule has 6 rings (SSSR count). The molecule has 2 fully saturated rings. The summed E-state index contributed by atoms with van der Waals surface area (Å²) in [6, 6.07) is 10.9. The molecule has 9 nitrogen and oxygen atoms in total. The number of hydrogen-bond acceptors (Lipinski definition) is 7. The number of halogens is 4. The van der Waals surface area contributed by atoms with E-state index in [2.05, 4.69) is 20.2 Å². The quantitative estimate of drug-likeness (QED) is 0.363. The largest absolute Gasteiger partial charge is 0.475 e. The third kappa shape index (κ3) is 5.83. The monoisotopic (exact) mass is 603 g/mol. The normalized spacial score (nSPS) is 21.2. The zero-order valence-electron chi connectivity index (χ0n) is 22.9. The van der Waals surface area contributed by atoms with Crippen LogP contribution in [0, 0.1) is 0 Å². The smallest absolute Gasteiger partial charge is 0.416 e. The molecular weight excluding hydrogens is 575 g/mol. The first-order valence-corrected chi connectivity index (χ1v) is 14.0. The van der Waals surface area contributed by atoms with E-state index in [1.807, 2.05) is 13.8 Å². The van der Waals surface area contributed by atoms with Crippen molar-refractivity contribution in [3.63, 3.8) is 0 Å². The minimum atomic E-state index is -4.52. The molecule has 0 aliphatic carbocycles. The lowest BCUT2D eigenvalue weighted by Gasteiger charge is -2.46. The van der Waals surface area contributed by atoms with Gasteiger partial charge in [-0.05, 0) is 51.0 Å². The summed E-state index contributed by atoms with van der Waals surface area (Å²) < 4.78 is 57.4. The Kier molecular flexibility index (Phi) is 7.40. The van der Waals surface area contributed by atoms with Crippen LogP contribution in [0.25, 0.3) is 11.3 Å². The number of piperidine rings is 1. The van der Waals surface area contributed by atoms with Gasteiger partial charge in [0.15, 0.2) is 11.6 Å². The summed E-state index contributed by atoms with van der Waals surface area (Å²) in [6.45, 7) is 5.63. The summed E-state index contributed by atoms with van der Waals surface area (Å²) >= 11 is 6.58. The van der Waals surface area contributed by atoms with Crippen LogP contribution in [0.1, 0.15) is 32.3 Å². The summed E-state index contributed by atoms with van der Waals surface area (Å²) in [5.41, 5.74) is 0.203. The molecular formula is C29H29ClF3N5O4. The number of fused-ring (bicyclic) bond motifs is 4. The molecule has 0 spiro atoms. The number of nitrogens with one attached hydrogen (secondary N) is 1. The minimum absolute atomic E-state index is 0.162. The number of nitrogens with zero attached hydrogens (tertiary/aromatic N) is 4. The lowest BCUT2D eigenvalue weighted by atomic mass is 9.99. The maximum Gasteiger partial charge on any atom is 0.416 e. The molecule has 5 heterocycles. The minimum Gasteiger partial charge on any atom is -0.475 e. The van der Waals surface area contributed by atoms with Crippen LogP contribution in [-0.4, -0.2) is 60.2 Å². The van der Waals surface area contributed by atoms with Crippen molar-refractivity contribution in [3.05, 3.63) is 59.1 Å². The average Bonchev–Trinajstić information content (AvgIpc) is 3.30. The van der Waals surface area contributed by atoms with Crippen LogP contribution in [-0.2, 0) is 15.7 Å². The van der Waals surface area contributed by atoms with Gasteiger partial charge in [-0.15, -0.1) is 0 Å². The van der Waals surface area contributed by atoms with Gasteiger partial charge in [0, 0.05) is 24.7 Å². The van der Waals surface area contributed by atoms with E-state index < -0.39 is 23.6 Å². The Morgan fingerprint density at radius 2 is 2.00 bits per heavy atom. The van der Waals surface area contributed by atoms with Gasteiger partial charge >= 0.3 is 12.2 Å². The molecule has 0 unspecified atom stereocenters. The molecule has 3 aliphatic heterocycles. The number of anilines is 3. The molecule has 2 amide bonds. The van der Waals surface area contributed by atoms with Gasteiger partial charge < -0.3 is 19.1 Å². The fourth-order valence-electron chi connectivity index (χ4n) is 5.50. The van der Waals surface area contributed by atoms with E-state index in [1.54, 1.807) is 29.2 Å². The molecule has 3 aliphatic rings. The number of urea groups is 1. The lowest BCUT2D eigenvalue weighted by molar-refractivity contribution is -0.141. The second kappa shape index (κ2) is 10.9. The van der Waals surface area contributed by atoms with Crippen molar-refractivity contribution < 1.29 is 32.2 Å². The van der Waals surface area contributed by atoms with Crippen LogP contribution in [0.15, 0.2) is 48.5 Å². The predicted molar refractivity (Wildman–Crippen MR) is 151 cm³/mol. The second-order valence-electron chi connectivity index (χ2n) is 10.9. The van der Waals surface area contributed by atoms with Crippen molar-refractivity contribution in [2.75, 3.05) is 41.4 Å². The Hall–Kier alpha value is -3.61. The molecule has 0 radical (unpaired) electrons. The van der Waals surface area contributed by atoms with Gasteiger partial charge in [-0.1, -0.05) is 29.8 Å². The molecule has 42 heavy (non-hydrogen) atoms. The first-order valence-electron chi connectivity index (χ1n) is 13.6.